The minimum absolute atomic E-state index is 0.186. The lowest BCUT2D eigenvalue weighted by Crippen LogP contribution is -2.25. The monoisotopic (exact) mass is 333 g/mol. The molecule has 2 aliphatic rings. The molecule has 1 unspecified atom stereocenters. The van der Waals surface area contributed by atoms with Crippen molar-refractivity contribution < 1.29 is 0 Å². The first-order valence-corrected chi connectivity index (χ1v) is 8.89. The molecule has 0 aliphatic carbocycles. The number of allylic oxidation sites excluding steroid dienone is 1. The van der Waals surface area contributed by atoms with E-state index in [1.165, 1.54) is 5.71 Å². The highest BCUT2D eigenvalue weighted by Crippen LogP contribution is 2.25. The van der Waals surface area contributed by atoms with Crippen LogP contribution in [0.3, 0.4) is 0 Å². The fourth-order valence-corrected chi connectivity index (χ4v) is 3.33. The Bertz CT molecular complexity index is 872. The van der Waals surface area contributed by atoms with E-state index in [2.05, 4.69) is 62.8 Å². The lowest BCUT2D eigenvalue weighted by Gasteiger charge is -2.22. The van der Waals surface area contributed by atoms with Crippen molar-refractivity contribution in [3.05, 3.63) is 59.2 Å². The largest absolute Gasteiger partial charge is 0.352 e. The summed E-state index contributed by atoms with van der Waals surface area (Å²) < 4.78 is 0. The SMILES string of the molecule is CC1=NC(c2ccc(C3=NNC(c4cccc(C)n4)CC3)[nH]2)=CCC1. The van der Waals surface area contributed by atoms with Crippen LogP contribution in [-0.2, 0) is 0 Å². The molecule has 2 aromatic rings. The third-order valence-corrected chi connectivity index (χ3v) is 4.72. The van der Waals surface area contributed by atoms with Gasteiger partial charge in [-0.15, -0.1) is 0 Å². The van der Waals surface area contributed by atoms with Crippen LogP contribution in [0, 0.1) is 6.92 Å². The van der Waals surface area contributed by atoms with Crippen molar-refractivity contribution in [3.63, 3.8) is 0 Å². The van der Waals surface area contributed by atoms with Crippen LogP contribution in [0.15, 0.2) is 46.5 Å². The summed E-state index contributed by atoms with van der Waals surface area (Å²) in [4.78, 5) is 12.7. The van der Waals surface area contributed by atoms with E-state index in [0.29, 0.717) is 0 Å². The first-order chi connectivity index (χ1) is 12.2. The number of hydrogen-bond acceptors (Lipinski definition) is 4. The van der Waals surface area contributed by atoms with Crippen molar-refractivity contribution in [1.29, 1.82) is 0 Å². The second-order valence-electron chi connectivity index (χ2n) is 6.74. The van der Waals surface area contributed by atoms with Gasteiger partial charge in [0.25, 0.3) is 0 Å². The molecule has 0 spiro atoms. The van der Waals surface area contributed by atoms with Gasteiger partial charge in [-0.3, -0.25) is 9.98 Å². The fraction of sp³-hybridized carbons (Fsp3) is 0.350. The van der Waals surface area contributed by atoms with E-state index in [0.717, 1.165) is 59.9 Å². The van der Waals surface area contributed by atoms with Gasteiger partial charge in [0, 0.05) is 11.4 Å². The molecule has 0 aromatic carbocycles. The van der Waals surface area contributed by atoms with Crippen LogP contribution in [0.1, 0.15) is 61.4 Å². The van der Waals surface area contributed by atoms with Crippen LogP contribution in [0.2, 0.25) is 0 Å². The summed E-state index contributed by atoms with van der Waals surface area (Å²) in [6.07, 6.45) is 6.23. The molecular weight excluding hydrogens is 310 g/mol. The highest BCUT2D eigenvalue weighted by molar-refractivity contribution is 6.00. The normalized spacial score (nSPS) is 20.4. The zero-order valence-corrected chi connectivity index (χ0v) is 14.7. The summed E-state index contributed by atoms with van der Waals surface area (Å²) in [5.74, 6) is 0. The minimum atomic E-state index is 0.186. The van der Waals surface area contributed by atoms with Gasteiger partial charge in [0.15, 0.2) is 0 Å². The van der Waals surface area contributed by atoms with E-state index < -0.39 is 0 Å². The zero-order chi connectivity index (χ0) is 17.2. The van der Waals surface area contributed by atoms with Gasteiger partial charge in [-0.1, -0.05) is 12.1 Å². The van der Waals surface area contributed by atoms with E-state index in [1.807, 2.05) is 13.0 Å². The van der Waals surface area contributed by atoms with Gasteiger partial charge in [-0.25, -0.2) is 0 Å². The number of aromatic nitrogens is 2. The van der Waals surface area contributed by atoms with Crippen LogP contribution < -0.4 is 5.43 Å². The number of nitrogens with one attached hydrogen (secondary N) is 2. The Labute approximate surface area is 148 Å². The maximum Gasteiger partial charge on any atom is 0.0864 e. The van der Waals surface area contributed by atoms with Crippen LogP contribution >= 0.6 is 0 Å². The Morgan fingerprint density at radius 3 is 2.68 bits per heavy atom. The van der Waals surface area contributed by atoms with E-state index in [9.17, 15) is 0 Å². The topological polar surface area (TPSA) is 65.4 Å². The maximum absolute atomic E-state index is 4.65. The highest BCUT2D eigenvalue weighted by Gasteiger charge is 2.20. The zero-order valence-electron chi connectivity index (χ0n) is 14.7. The maximum atomic E-state index is 4.65. The Balaban J connectivity index is 1.50. The second kappa shape index (κ2) is 6.67. The van der Waals surface area contributed by atoms with Gasteiger partial charge in [0.1, 0.15) is 0 Å². The van der Waals surface area contributed by atoms with Gasteiger partial charge < -0.3 is 10.4 Å². The van der Waals surface area contributed by atoms with Crippen molar-refractivity contribution in [1.82, 2.24) is 15.4 Å². The van der Waals surface area contributed by atoms with E-state index in [4.69, 9.17) is 0 Å². The molecule has 4 heterocycles. The van der Waals surface area contributed by atoms with Crippen molar-refractivity contribution in [2.45, 2.75) is 45.6 Å². The first-order valence-electron chi connectivity index (χ1n) is 8.89. The molecule has 0 amide bonds. The van der Waals surface area contributed by atoms with Crippen molar-refractivity contribution in [2.75, 3.05) is 0 Å². The molecule has 5 nitrogen and oxygen atoms in total. The third kappa shape index (κ3) is 3.40. The average Bonchev–Trinajstić information content (AvgIpc) is 3.12. The Hall–Kier alpha value is -2.69. The number of pyridine rings is 1. The summed E-state index contributed by atoms with van der Waals surface area (Å²) in [5, 5.41) is 4.60. The van der Waals surface area contributed by atoms with Gasteiger partial charge in [0.05, 0.1) is 34.5 Å². The number of aliphatic imine (C=N–C) groups is 1. The summed E-state index contributed by atoms with van der Waals surface area (Å²) in [5.41, 5.74) is 10.8. The molecule has 0 bridgehead atoms. The van der Waals surface area contributed by atoms with Gasteiger partial charge >= 0.3 is 0 Å². The van der Waals surface area contributed by atoms with Crippen LogP contribution in [0.25, 0.3) is 5.70 Å². The summed E-state index contributed by atoms with van der Waals surface area (Å²) >= 11 is 0. The van der Waals surface area contributed by atoms with Crippen LogP contribution in [-0.4, -0.2) is 21.4 Å². The van der Waals surface area contributed by atoms with Crippen LogP contribution in [0.5, 0.6) is 0 Å². The quantitative estimate of drug-likeness (QED) is 0.886. The number of hydrogen-bond donors (Lipinski definition) is 2. The fourth-order valence-electron chi connectivity index (χ4n) is 3.33. The number of H-pyrrole nitrogens is 1. The first kappa shape index (κ1) is 15.8. The molecule has 1 atom stereocenters. The number of aryl methyl sites for hydroxylation is 1. The molecule has 128 valence electrons. The van der Waals surface area contributed by atoms with Crippen molar-refractivity contribution in [2.24, 2.45) is 10.1 Å². The Morgan fingerprint density at radius 1 is 1.04 bits per heavy atom. The number of hydrazone groups is 1. The van der Waals surface area contributed by atoms with E-state index >= 15 is 0 Å². The van der Waals surface area contributed by atoms with Gasteiger partial charge in [0.2, 0.25) is 0 Å². The molecule has 0 saturated heterocycles. The minimum Gasteiger partial charge on any atom is -0.352 e. The smallest absolute Gasteiger partial charge is 0.0864 e. The predicted molar refractivity (Wildman–Crippen MR) is 102 cm³/mol. The van der Waals surface area contributed by atoms with E-state index in [-0.39, 0.29) is 6.04 Å². The predicted octanol–water partition coefficient (Wildman–Crippen LogP) is 4.14. The number of aromatic amines is 1. The van der Waals surface area contributed by atoms with Crippen molar-refractivity contribution >= 4 is 17.1 Å². The molecule has 5 heteroatoms. The molecular formula is C20H23N5. The molecule has 0 radical (unpaired) electrons. The standard InChI is InChI=1S/C20H23N5/c1-13-5-3-7-15(21-13)17-9-10-18(23-17)20-12-11-19(24-25-20)16-8-4-6-14(2)22-16/h4,6-10,19,23-24H,3,5,11-12H2,1-2H3. The average molecular weight is 333 g/mol. The molecule has 2 aromatic heterocycles. The van der Waals surface area contributed by atoms with Gasteiger partial charge in [-0.05, 0) is 63.8 Å². The number of rotatable bonds is 3. The summed E-state index contributed by atoms with van der Waals surface area (Å²) in [6.45, 7) is 4.11. The number of nitrogens with zero attached hydrogens (tertiary/aromatic N) is 3. The molecule has 4 rings (SSSR count). The second-order valence-corrected chi connectivity index (χ2v) is 6.74. The molecule has 0 saturated carbocycles. The lowest BCUT2D eigenvalue weighted by molar-refractivity contribution is 0.492. The van der Waals surface area contributed by atoms with Crippen molar-refractivity contribution in [3.8, 4) is 0 Å². The Morgan fingerprint density at radius 2 is 1.92 bits per heavy atom. The molecule has 2 aliphatic heterocycles. The Kier molecular flexibility index (Phi) is 4.22. The summed E-state index contributed by atoms with van der Waals surface area (Å²) in [7, 11) is 0. The molecule has 25 heavy (non-hydrogen) atoms. The summed E-state index contributed by atoms with van der Waals surface area (Å²) in [6, 6.07) is 10.5. The highest BCUT2D eigenvalue weighted by atomic mass is 15.3. The lowest BCUT2D eigenvalue weighted by atomic mass is 10.0. The van der Waals surface area contributed by atoms with Gasteiger partial charge in [-0.2, -0.15) is 5.10 Å². The van der Waals surface area contributed by atoms with E-state index in [1.54, 1.807) is 0 Å². The van der Waals surface area contributed by atoms with Crippen LogP contribution in [0.4, 0.5) is 0 Å². The molecule has 0 fully saturated rings. The molecule has 2 N–H and O–H groups in total. The third-order valence-electron chi connectivity index (χ3n) is 4.72.